The summed E-state index contributed by atoms with van der Waals surface area (Å²) in [5.74, 6) is 0. The molecule has 7 heteroatoms. The maximum absolute atomic E-state index is 11.4. The Balaban J connectivity index is 2.27. The fourth-order valence-corrected chi connectivity index (χ4v) is 2.18. The fraction of sp³-hybridized carbons (Fsp3) is 0.778. The van der Waals surface area contributed by atoms with E-state index in [-0.39, 0.29) is 6.54 Å². The van der Waals surface area contributed by atoms with E-state index >= 15 is 0 Å². The van der Waals surface area contributed by atoms with E-state index in [0.29, 0.717) is 13.2 Å². The van der Waals surface area contributed by atoms with Crippen LogP contribution in [0.25, 0.3) is 0 Å². The SMILES string of the molecule is COCCNS(=O)(=O)NCC1=CCNCC1. The number of nitrogens with one attached hydrogen (secondary N) is 3. The van der Waals surface area contributed by atoms with Crippen molar-refractivity contribution in [3.05, 3.63) is 11.6 Å². The quantitative estimate of drug-likeness (QED) is 0.398. The van der Waals surface area contributed by atoms with E-state index in [9.17, 15) is 8.42 Å². The van der Waals surface area contributed by atoms with Gasteiger partial charge in [0.05, 0.1) is 6.61 Å². The van der Waals surface area contributed by atoms with Gasteiger partial charge in [-0.25, -0.2) is 0 Å². The standard InChI is InChI=1S/C9H19N3O3S/c1-15-7-6-11-16(13,14)12-8-9-2-4-10-5-3-9/h2,10-12H,3-8H2,1H3. The Kier molecular flexibility index (Phi) is 5.93. The van der Waals surface area contributed by atoms with Gasteiger partial charge in [0, 0.05) is 26.7 Å². The van der Waals surface area contributed by atoms with Gasteiger partial charge >= 0.3 is 0 Å². The average Bonchev–Trinajstić information content (AvgIpc) is 2.28. The minimum atomic E-state index is -3.39. The lowest BCUT2D eigenvalue weighted by Gasteiger charge is -2.14. The zero-order valence-corrected chi connectivity index (χ0v) is 10.3. The highest BCUT2D eigenvalue weighted by Crippen LogP contribution is 2.02. The van der Waals surface area contributed by atoms with Crippen molar-refractivity contribution in [1.82, 2.24) is 14.8 Å². The van der Waals surface area contributed by atoms with Crippen LogP contribution < -0.4 is 14.8 Å². The molecule has 0 aromatic carbocycles. The van der Waals surface area contributed by atoms with Gasteiger partial charge < -0.3 is 10.1 Å². The molecule has 0 saturated heterocycles. The highest BCUT2D eigenvalue weighted by Gasteiger charge is 2.10. The third-order valence-electron chi connectivity index (χ3n) is 2.25. The number of methoxy groups -OCH3 is 1. The van der Waals surface area contributed by atoms with E-state index in [1.54, 1.807) is 0 Å². The first-order valence-electron chi connectivity index (χ1n) is 5.26. The summed E-state index contributed by atoms with van der Waals surface area (Å²) in [5.41, 5.74) is 1.12. The minimum Gasteiger partial charge on any atom is -0.383 e. The molecule has 0 unspecified atom stereocenters. The van der Waals surface area contributed by atoms with Crippen LogP contribution in [0, 0.1) is 0 Å². The van der Waals surface area contributed by atoms with Crippen LogP contribution in [-0.4, -0.2) is 48.3 Å². The smallest absolute Gasteiger partial charge is 0.277 e. The second kappa shape index (κ2) is 6.97. The molecule has 1 aliphatic heterocycles. The lowest BCUT2D eigenvalue weighted by Crippen LogP contribution is -2.39. The van der Waals surface area contributed by atoms with Crippen LogP contribution in [0.4, 0.5) is 0 Å². The predicted molar refractivity (Wildman–Crippen MR) is 62.4 cm³/mol. The molecule has 16 heavy (non-hydrogen) atoms. The third-order valence-corrected chi connectivity index (χ3v) is 3.35. The van der Waals surface area contributed by atoms with E-state index in [0.717, 1.165) is 25.1 Å². The van der Waals surface area contributed by atoms with Gasteiger partial charge in [-0.15, -0.1) is 0 Å². The Morgan fingerprint density at radius 1 is 1.50 bits per heavy atom. The summed E-state index contributed by atoms with van der Waals surface area (Å²) in [7, 11) is -1.87. The summed E-state index contributed by atoms with van der Waals surface area (Å²) in [5, 5.41) is 3.17. The molecular formula is C9H19N3O3S. The molecule has 0 aliphatic carbocycles. The molecule has 0 radical (unpaired) electrons. The van der Waals surface area contributed by atoms with Crippen molar-refractivity contribution >= 4 is 10.2 Å². The van der Waals surface area contributed by atoms with Crippen LogP contribution in [0.15, 0.2) is 11.6 Å². The van der Waals surface area contributed by atoms with Crippen LogP contribution >= 0.6 is 0 Å². The molecule has 6 nitrogen and oxygen atoms in total. The molecule has 0 amide bonds. The molecule has 1 heterocycles. The summed E-state index contributed by atoms with van der Waals surface area (Å²) in [6.45, 7) is 2.75. The van der Waals surface area contributed by atoms with Gasteiger partial charge in [0.25, 0.3) is 10.2 Å². The van der Waals surface area contributed by atoms with Crippen LogP contribution in [0.1, 0.15) is 6.42 Å². The zero-order valence-electron chi connectivity index (χ0n) is 9.45. The Morgan fingerprint density at radius 3 is 2.94 bits per heavy atom. The Morgan fingerprint density at radius 2 is 2.31 bits per heavy atom. The highest BCUT2D eigenvalue weighted by molar-refractivity contribution is 7.87. The van der Waals surface area contributed by atoms with Crippen molar-refractivity contribution in [2.75, 3.05) is 39.9 Å². The van der Waals surface area contributed by atoms with Gasteiger partial charge in [-0.1, -0.05) is 11.6 Å². The molecule has 0 fully saturated rings. The van der Waals surface area contributed by atoms with Crippen molar-refractivity contribution in [1.29, 1.82) is 0 Å². The van der Waals surface area contributed by atoms with Gasteiger partial charge in [0.1, 0.15) is 0 Å². The van der Waals surface area contributed by atoms with Gasteiger partial charge in [-0.2, -0.15) is 17.9 Å². The molecule has 1 rings (SSSR count). The maximum atomic E-state index is 11.4. The summed E-state index contributed by atoms with van der Waals surface area (Å²) < 4.78 is 32.5. The lowest BCUT2D eigenvalue weighted by molar-refractivity contribution is 0.204. The molecule has 3 N–H and O–H groups in total. The third kappa shape index (κ3) is 5.57. The second-order valence-corrected chi connectivity index (χ2v) is 5.11. The van der Waals surface area contributed by atoms with E-state index in [1.807, 2.05) is 6.08 Å². The van der Waals surface area contributed by atoms with Crippen molar-refractivity contribution in [2.24, 2.45) is 0 Å². The zero-order chi connectivity index (χ0) is 11.9. The monoisotopic (exact) mass is 249 g/mol. The summed E-state index contributed by atoms with van der Waals surface area (Å²) in [6, 6.07) is 0. The first kappa shape index (κ1) is 13.6. The van der Waals surface area contributed by atoms with Gasteiger partial charge in [0.2, 0.25) is 0 Å². The van der Waals surface area contributed by atoms with Gasteiger partial charge in [-0.05, 0) is 13.0 Å². The van der Waals surface area contributed by atoms with Crippen LogP contribution in [0.5, 0.6) is 0 Å². The molecule has 0 spiro atoms. The minimum absolute atomic E-state index is 0.284. The van der Waals surface area contributed by atoms with E-state index in [4.69, 9.17) is 4.74 Å². The normalized spacial score (nSPS) is 17.2. The molecule has 0 aromatic heterocycles. The van der Waals surface area contributed by atoms with E-state index in [1.165, 1.54) is 7.11 Å². The maximum Gasteiger partial charge on any atom is 0.277 e. The predicted octanol–water partition coefficient (Wildman–Crippen LogP) is -1.02. The van der Waals surface area contributed by atoms with Crippen molar-refractivity contribution in [3.63, 3.8) is 0 Å². The first-order chi connectivity index (χ1) is 7.64. The molecule has 1 aliphatic rings. The van der Waals surface area contributed by atoms with Crippen LogP contribution in [0.2, 0.25) is 0 Å². The number of hydrogen-bond donors (Lipinski definition) is 3. The Hall–Kier alpha value is -0.470. The van der Waals surface area contributed by atoms with Gasteiger partial charge in [0.15, 0.2) is 0 Å². The fourth-order valence-electron chi connectivity index (χ4n) is 1.35. The number of rotatable bonds is 7. The number of ether oxygens (including phenoxy) is 1. The highest BCUT2D eigenvalue weighted by atomic mass is 32.2. The molecule has 94 valence electrons. The van der Waals surface area contributed by atoms with E-state index < -0.39 is 10.2 Å². The molecular weight excluding hydrogens is 230 g/mol. The first-order valence-corrected chi connectivity index (χ1v) is 6.74. The van der Waals surface area contributed by atoms with Crippen LogP contribution in [0.3, 0.4) is 0 Å². The number of hydrogen-bond acceptors (Lipinski definition) is 4. The topological polar surface area (TPSA) is 79.5 Å². The average molecular weight is 249 g/mol. The van der Waals surface area contributed by atoms with Crippen LogP contribution in [-0.2, 0) is 14.9 Å². The van der Waals surface area contributed by atoms with Gasteiger partial charge in [-0.3, -0.25) is 0 Å². The van der Waals surface area contributed by atoms with Crippen molar-refractivity contribution in [2.45, 2.75) is 6.42 Å². The van der Waals surface area contributed by atoms with Crippen molar-refractivity contribution in [3.8, 4) is 0 Å². The Labute approximate surface area is 96.6 Å². The largest absolute Gasteiger partial charge is 0.383 e. The molecule has 0 saturated carbocycles. The summed E-state index contributed by atoms with van der Waals surface area (Å²) >= 11 is 0. The summed E-state index contributed by atoms with van der Waals surface area (Å²) in [6.07, 6.45) is 2.90. The Bertz CT molecular complexity index is 327. The molecule has 0 atom stereocenters. The summed E-state index contributed by atoms with van der Waals surface area (Å²) in [4.78, 5) is 0. The molecule has 0 bridgehead atoms. The van der Waals surface area contributed by atoms with E-state index in [2.05, 4.69) is 14.8 Å². The molecule has 0 aromatic rings. The van der Waals surface area contributed by atoms with Crippen molar-refractivity contribution < 1.29 is 13.2 Å². The second-order valence-electron chi connectivity index (χ2n) is 3.53. The lowest BCUT2D eigenvalue weighted by atomic mass is 10.1.